The first-order valence-electron chi connectivity index (χ1n) is 7.29. The van der Waals surface area contributed by atoms with Crippen LogP contribution in [-0.4, -0.2) is 30.0 Å². The van der Waals surface area contributed by atoms with Crippen molar-refractivity contribution < 1.29 is 30.2 Å². The Morgan fingerprint density at radius 1 is 0.680 bits per heavy atom. The van der Waals surface area contributed by atoms with Crippen molar-refractivity contribution in [3.63, 3.8) is 0 Å². The van der Waals surface area contributed by atoms with Crippen LogP contribution in [0.15, 0.2) is 58.3 Å². The van der Waals surface area contributed by atoms with Crippen molar-refractivity contribution in [3.05, 3.63) is 59.7 Å². The van der Waals surface area contributed by atoms with E-state index in [2.05, 4.69) is 9.22 Å². The van der Waals surface area contributed by atoms with Crippen LogP contribution in [-0.2, 0) is 33.6 Å². The molecule has 0 amide bonds. The van der Waals surface area contributed by atoms with Gasteiger partial charge in [0.05, 0.1) is 16.4 Å². The second kappa shape index (κ2) is 8.07. The molecule has 0 aromatic heterocycles. The smallest absolute Gasteiger partial charge is 0.264 e. The molecule has 0 saturated carbocycles. The number of aryl methyl sites for hydroxylation is 2. The minimum atomic E-state index is -4.08. The molecular weight excluding hydrogens is 368 g/mol. The molecular formula is C16H18O7S2. The predicted molar refractivity (Wildman–Crippen MR) is 89.7 cm³/mol. The fraction of sp³-hybridized carbons (Fsp3) is 0.250. The standard InChI is InChI=1S/C16H18O7S2/c1-13-3-7-15(8-4-13)24(17,18)22-12-11-21-23-25(19,20)16-9-5-14(2)6-10-16/h3-10H,11-12H2,1-2H3. The molecule has 0 aliphatic carbocycles. The van der Waals surface area contributed by atoms with E-state index in [-0.39, 0.29) is 23.0 Å². The zero-order chi connectivity index (χ0) is 18.5. The third-order valence-corrected chi connectivity index (χ3v) is 5.61. The second-order valence-electron chi connectivity index (χ2n) is 5.25. The Kier molecular flexibility index (Phi) is 6.31. The monoisotopic (exact) mass is 386 g/mol. The van der Waals surface area contributed by atoms with Crippen molar-refractivity contribution in [1.29, 1.82) is 0 Å². The highest BCUT2D eigenvalue weighted by Crippen LogP contribution is 2.15. The molecule has 7 nitrogen and oxygen atoms in total. The van der Waals surface area contributed by atoms with Crippen LogP contribution in [0.25, 0.3) is 0 Å². The Hall–Kier alpha value is -1.78. The molecule has 2 aromatic rings. The second-order valence-corrected chi connectivity index (χ2v) is 8.38. The van der Waals surface area contributed by atoms with E-state index in [1.807, 2.05) is 13.8 Å². The summed E-state index contributed by atoms with van der Waals surface area (Å²) in [7, 11) is -8.01. The Morgan fingerprint density at radius 2 is 1.12 bits per heavy atom. The first-order chi connectivity index (χ1) is 11.7. The molecule has 25 heavy (non-hydrogen) atoms. The summed E-state index contributed by atoms with van der Waals surface area (Å²) in [6.45, 7) is 2.88. The van der Waals surface area contributed by atoms with Gasteiger partial charge in [-0.2, -0.15) is 16.8 Å². The summed E-state index contributed by atoms with van der Waals surface area (Å²) in [5.74, 6) is 0. The molecule has 0 heterocycles. The highest BCUT2D eigenvalue weighted by molar-refractivity contribution is 7.87. The Morgan fingerprint density at radius 3 is 1.60 bits per heavy atom. The molecule has 0 unspecified atom stereocenters. The van der Waals surface area contributed by atoms with Crippen LogP contribution in [0.4, 0.5) is 0 Å². The highest BCUT2D eigenvalue weighted by Gasteiger charge is 2.17. The van der Waals surface area contributed by atoms with Gasteiger partial charge in [0, 0.05) is 0 Å². The minimum absolute atomic E-state index is 0.00583. The van der Waals surface area contributed by atoms with Gasteiger partial charge in [-0.05, 0) is 38.1 Å². The minimum Gasteiger partial charge on any atom is -0.264 e. The Labute approximate surface area is 147 Å². The van der Waals surface area contributed by atoms with Gasteiger partial charge in [-0.15, -0.1) is 4.33 Å². The maximum absolute atomic E-state index is 11.9. The lowest BCUT2D eigenvalue weighted by molar-refractivity contribution is -0.205. The molecule has 0 aliphatic rings. The molecule has 0 spiro atoms. The van der Waals surface area contributed by atoms with Gasteiger partial charge in [-0.1, -0.05) is 35.4 Å². The molecule has 0 saturated heterocycles. The van der Waals surface area contributed by atoms with E-state index in [4.69, 9.17) is 4.18 Å². The summed E-state index contributed by atoms with van der Waals surface area (Å²) in [5.41, 5.74) is 1.81. The average Bonchev–Trinajstić information content (AvgIpc) is 2.55. The van der Waals surface area contributed by atoms with Gasteiger partial charge in [0.15, 0.2) is 0 Å². The number of benzene rings is 2. The fourth-order valence-corrected chi connectivity index (χ4v) is 3.43. The SMILES string of the molecule is Cc1ccc(S(=O)(=O)OCCOOS(=O)(=O)c2ccc(C)cc2)cc1. The van der Waals surface area contributed by atoms with E-state index >= 15 is 0 Å². The summed E-state index contributed by atoms with van der Waals surface area (Å²) in [6.07, 6.45) is 0. The average molecular weight is 386 g/mol. The van der Waals surface area contributed by atoms with Crippen molar-refractivity contribution in [1.82, 2.24) is 0 Å². The molecule has 0 bridgehead atoms. The van der Waals surface area contributed by atoms with E-state index in [0.717, 1.165) is 11.1 Å². The maximum atomic E-state index is 11.9. The summed E-state index contributed by atoms with van der Waals surface area (Å²) in [6, 6.07) is 12.1. The van der Waals surface area contributed by atoms with Crippen LogP contribution in [0.3, 0.4) is 0 Å². The maximum Gasteiger partial charge on any atom is 0.323 e. The van der Waals surface area contributed by atoms with E-state index < -0.39 is 20.2 Å². The number of rotatable bonds is 8. The van der Waals surface area contributed by atoms with Crippen LogP contribution in [0.2, 0.25) is 0 Å². The van der Waals surface area contributed by atoms with Gasteiger partial charge in [0.2, 0.25) is 0 Å². The van der Waals surface area contributed by atoms with Crippen LogP contribution in [0, 0.1) is 13.8 Å². The lowest BCUT2D eigenvalue weighted by atomic mass is 10.2. The van der Waals surface area contributed by atoms with Gasteiger partial charge < -0.3 is 0 Å². The largest absolute Gasteiger partial charge is 0.323 e. The van der Waals surface area contributed by atoms with Gasteiger partial charge in [-0.25, -0.2) is 4.89 Å². The van der Waals surface area contributed by atoms with Gasteiger partial charge in [0.25, 0.3) is 10.1 Å². The topological polar surface area (TPSA) is 96.0 Å². The first-order valence-corrected chi connectivity index (χ1v) is 10.1. The zero-order valence-corrected chi connectivity index (χ0v) is 15.3. The first kappa shape index (κ1) is 19.5. The molecule has 2 rings (SSSR count). The summed E-state index contributed by atoms with van der Waals surface area (Å²) in [5, 5.41) is 0. The van der Waals surface area contributed by atoms with E-state index in [0.29, 0.717) is 0 Å². The van der Waals surface area contributed by atoms with Crippen molar-refractivity contribution in [2.75, 3.05) is 13.2 Å². The van der Waals surface area contributed by atoms with Crippen molar-refractivity contribution in [2.45, 2.75) is 23.6 Å². The Balaban J connectivity index is 1.83. The molecule has 0 atom stereocenters. The van der Waals surface area contributed by atoms with Crippen LogP contribution in [0.5, 0.6) is 0 Å². The lowest BCUT2D eigenvalue weighted by Gasteiger charge is -2.07. The van der Waals surface area contributed by atoms with E-state index in [1.165, 1.54) is 24.3 Å². The summed E-state index contributed by atoms with van der Waals surface area (Å²) < 4.78 is 56.7. The third-order valence-electron chi connectivity index (χ3n) is 3.16. The molecule has 9 heteroatoms. The van der Waals surface area contributed by atoms with Gasteiger partial charge >= 0.3 is 10.1 Å². The Bertz CT molecular complexity index is 822. The van der Waals surface area contributed by atoms with Gasteiger partial charge in [0.1, 0.15) is 6.61 Å². The van der Waals surface area contributed by atoms with E-state index in [9.17, 15) is 16.8 Å². The fourth-order valence-electron chi connectivity index (χ4n) is 1.79. The van der Waals surface area contributed by atoms with Crippen LogP contribution >= 0.6 is 0 Å². The molecule has 2 aromatic carbocycles. The van der Waals surface area contributed by atoms with Crippen molar-refractivity contribution in [3.8, 4) is 0 Å². The van der Waals surface area contributed by atoms with E-state index in [1.54, 1.807) is 24.3 Å². The lowest BCUT2D eigenvalue weighted by Crippen LogP contribution is -2.14. The van der Waals surface area contributed by atoms with Crippen LogP contribution in [0.1, 0.15) is 11.1 Å². The van der Waals surface area contributed by atoms with Crippen LogP contribution < -0.4 is 0 Å². The zero-order valence-electron chi connectivity index (χ0n) is 13.7. The third kappa shape index (κ3) is 5.62. The quantitative estimate of drug-likeness (QED) is 0.297. The number of hydrogen-bond acceptors (Lipinski definition) is 7. The number of hydrogen-bond donors (Lipinski definition) is 0. The summed E-state index contributed by atoms with van der Waals surface area (Å²) >= 11 is 0. The summed E-state index contributed by atoms with van der Waals surface area (Å²) in [4.78, 5) is 4.50. The molecule has 136 valence electrons. The molecule has 0 radical (unpaired) electrons. The predicted octanol–water partition coefficient (Wildman–Crippen LogP) is 2.35. The van der Waals surface area contributed by atoms with Crippen molar-refractivity contribution >= 4 is 20.2 Å². The van der Waals surface area contributed by atoms with Gasteiger partial charge in [-0.3, -0.25) is 4.18 Å². The molecule has 0 fully saturated rings. The van der Waals surface area contributed by atoms with Crippen molar-refractivity contribution in [2.24, 2.45) is 0 Å². The molecule has 0 aliphatic heterocycles. The highest BCUT2D eigenvalue weighted by atomic mass is 32.2. The molecule has 0 N–H and O–H groups in total. The normalized spacial score (nSPS) is 12.2.